The van der Waals surface area contributed by atoms with Crippen molar-refractivity contribution in [2.75, 3.05) is 20.2 Å². The molecule has 116 valence electrons. The maximum Gasteiger partial charge on any atom is 0.256 e. The van der Waals surface area contributed by atoms with Crippen LogP contribution in [0.5, 0.6) is 0 Å². The minimum atomic E-state index is -0.126. The molecular weight excluding hydrogens is 280 g/mol. The van der Waals surface area contributed by atoms with E-state index in [4.69, 9.17) is 4.74 Å². The molecule has 22 heavy (non-hydrogen) atoms. The van der Waals surface area contributed by atoms with Gasteiger partial charge in [-0.25, -0.2) is 9.97 Å². The third kappa shape index (κ3) is 4.08. The van der Waals surface area contributed by atoms with Crippen LogP contribution in [0.15, 0.2) is 36.8 Å². The van der Waals surface area contributed by atoms with Crippen LogP contribution in [-0.4, -0.2) is 52.1 Å². The summed E-state index contributed by atoms with van der Waals surface area (Å²) in [5.74, 6) is 0.376. The fraction of sp³-hybridized carbons (Fsp3) is 0.375. The van der Waals surface area contributed by atoms with Crippen LogP contribution in [0.3, 0.4) is 0 Å². The number of amides is 1. The van der Waals surface area contributed by atoms with E-state index in [9.17, 15) is 4.79 Å². The quantitative estimate of drug-likeness (QED) is 0.816. The van der Waals surface area contributed by atoms with E-state index in [2.05, 4.69) is 15.0 Å². The molecule has 0 bridgehead atoms. The van der Waals surface area contributed by atoms with Gasteiger partial charge in [0.15, 0.2) is 5.82 Å². The SMILES string of the molecule is CCO[C@H](C)CN(C)C(=O)c1cnc(-c2ccccn2)nc1. The fourth-order valence-corrected chi connectivity index (χ4v) is 2.09. The van der Waals surface area contributed by atoms with E-state index in [1.165, 1.54) is 12.4 Å². The molecule has 0 aliphatic heterocycles. The number of rotatable bonds is 6. The first kappa shape index (κ1) is 16.0. The Hall–Kier alpha value is -2.34. The normalized spacial score (nSPS) is 12.0. The maximum absolute atomic E-state index is 12.3. The Kier molecular flexibility index (Phi) is 5.55. The van der Waals surface area contributed by atoms with Crippen molar-refractivity contribution in [2.24, 2.45) is 0 Å². The molecule has 2 heterocycles. The van der Waals surface area contributed by atoms with Gasteiger partial charge >= 0.3 is 0 Å². The monoisotopic (exact) mass is 300 g/mol. The smallest absolute Gasteiger partial charge is 0.256 e. The number of carbonyl (C=O) groups excluding carboxylic acids is 1. The Morgan fingerprint density at radius 1 is 1.27 bits per heavy atom. The van der Waals surface area contributed by atoms with Crippen molar-refractivity contribution >= 4 is 5.91 Å². The third-order valence-corrected chi connectivity index (χ3v) is 3.12. The lowest BCUT2D eigenvalue weighted by Gasteiger charge is -2.21. The Morgan fingerprint density at radius 3 is 2.59 bits per heavy atom. The van der Waals surface area contributed by atoms with Gasteiger partial charge in [-0.15, -0.1) is 0 Å². The summed E-state index contributed by atoms with van der Waals surface area (Å²) in [6.45, 7) is 5.02. The first-order valence-electron chi connectivity index (χ1n) is 7.22. The van der Waals surface area contributed by atoms with Crippen LogP contribution in [0, 0.1) is 0 Å². The lowest BCUT2D eigenvalue weighted by molar-refractivity contribution is 0.0436. The summed E-state index contributed by atoms with van der Waals surface area (Å²) >= 11 is 0. The van der Waals surface area contributed by atoms with Gasteiger partial charge in [0.1, 0.15) is 5.69 Å². The zero-order chi connectivity index (χ0) is 15.9. The predicted octanol–water partition coefficient (Wildman–Crippen LogP) is 2.04. The van der Waals surface area contributed by atoms with E-state index in [1.807, 2.05) is 32.0 Å². The number of hydrogen-bond acceptors (Lipinski definition) is 5. The topological polar surface area (TPSA) is 68.2 Å². The number of aromatic nitrogens is 3. The number of nitrogens with zero attached hydrogens (tertiary/aromatic N) is 4. The van der Waals surface area contributed by atoms with Crippen molar-refractivity contribution < 1.29 is 9.53 Å². The highest BCUT2D eigenvalue weighted by atomic mass is 16.5. The van der Waals surface area contributed by atoms with Gasteiger partial charge in [0, 0.05) is 38.8 Å². The lowest BCUT2D eigenvalue weighted by atomic mass is 10.2. The maximum atomic E-state index is 12.3. The second-order valence-corrected chi connectivity index (χ2v) is 4.96. The number of ether oxygens (including phenoxy) is 1. The molecule has 2 aromatic rings. The molecule has 2 rings (SSSR count). The van der Waals surface area contributed by atoms with Crippen molar-refractivity contribution in [1.29, 1.82) is 0 Å². The molecule has 0 unspecified atom stereocenters. The van der Waals surface area contributed by atoms with Gasteiger partial charge in [0.25, 0.3) is 5.91 Å². The van der Waals surface area contributed by atoms with Gasteiger partial charge in [-0.3, -0.25) is 9.78 Å². The average Bonchev–Trinajstić information content (AvgIpc) is 2.55. The minimum Gasteiger partial charge on any atom is -0.377 e. The van der Waals surface area contributed by atoms with Crippen LogP contribution in [0.4, 0.5) is 0 Å². The molecule has 6 nitrogen and oxygen atoms in total. The molecule has 0 spiro atoms. The summed E-state index contributed by atoms with van der Waals surface area (Å²) in [6, 6.07) is 5.52. The Bertz CT molecular complexity index is 601. The van der Waals surface area contributed by atoms with E-state index in [-0.39, 0.29) is 12.0 Å². The molecule has 6 heteroatoms. The summed E-state index contributed by atoms with van der Waals surface area (Å²) in [5, 5.41) is 0. The first-order valence-corrected chi connectivity index (χ1v) is 7.22. The largest absolute Gasteiger partial charge is 0.377 e. The number of carbonyl (C=O) groups is 1. The highest BCUT2D eigenvalue weighted by Crippen LogP contribution is 2.11. The number of likely N-dealkylation sites (N-methyl/N-ethyl adjacent to an activating group) is 1. The van der Waals surface area contributed by atoms with Gasteiger partial charge in [0.05, 0.1) is 11.7 Å². The number of hydrogen-bond donors (Lipinski definition) is 0. The van der Waals surface area contributed by atoms with Crippen LogP contribution in [-0.2, 0) is 4.74 Å². The van der Waals surface area contributed by atoms with Crippen LogP contribution >= 0.6 is 0 Å². The van der Waals surface area contributed by atoms with Crippen molar-refractivity contribution in [2.45, 2.75) is 20.0 Å². The summed E-state index contributed by atoms with van der Waals surface area (Å²) in [5.41, 5.74) is 1.13. The molecule has 0 aliphatic carbocycles. The lowest BCUT2D eigenvalue weighted by Crippen LogP contribution is -2.34. The van der Waals surface area contributed by atoms with Crippen molar-refractivity contribution in [3.8, 4) is 11.5 Å². The van der Waals surface area contributed by atoms with Crippen LogP contribution in [0.1, 0.15) is 24.2 Å². The summed E-state index contributed by atoms with van der Waals surface area (Å²) in [6.07, 6.45) is 4.73. The Labute approximate surface area is 130 Å². The molecule has 0 aromatic carbocycles. The van der Waals surface area contributed by atoms with Crippen molar-refractivity contribution in [3.63, 3.8) is 0 Å². The van der Waals surface area contributed by atoms with Gasteiger partial charge in [0.2, 0.25) is 0 Å². The molecule has 1 atom stereocenters. The second kappa shape index (κ2) is 7.61. The molecule has 0 N–H and O–H groups in total. The summed E-state index contributed by atoms with van der Waals surface area (Å²) in [7, 11) is 1.74. The zero-order valence-electron chi connectivity index (χ0n) is 13.1. The van der Waals surface area contributed by atoms with Crippen molar-refractivity contribution in [3.05, 3.63) is 42.4 Å². The molecule has 0 aliphatic rings. The predicted molar refractivity (Wildman–Crippen MR) is 83.3 cm³/mol. The molecule has 1 amide bonds. The minimum absolute atomic E-state index is 0.00680. The molecule has 2 aromatic heterocycles. The van der Waals surface area contributed by atoms with Crippen LogP contribution in [0.25, 0.3) is 11.5 Å². The highest BCUT2D eigenvalue weighted by Gasteiger charge is 2.15. The molecule has 0 saturated carbocycles. The second-order valence-electron chi connectivity index (χ2n) is 4.96. The van der Waals surface area contributed by atoms with Gasteiger partial charge in [-0.05, 0) is 26.0 Å². The molecular formula is C16H20N4O2. The first-order chi connectivity index (χ1) is 10.6. The van der Waals surface area contributed by atoms with Crippen molar-refractivity contribution in [1.82, 2.24) is 19.9 Å². The van der Waals surface area contributed by atoms with E-state index in [0.717, 1.165) is 0 Å². The third-order valence-electron chi connectivity index (χ3n) is 3.12. The fourth-order valence-electron chi connectivity index (χ4n) is 2.09. The average molecular weight is 300 g/mol. The van der Waals surface area contributed by atoms with E-state index in [1.54, 1.807) is 18.1 Å². The Morgan fingerprint density at radius 2 is 2.00 bits per heavy atom. The van der Waals surface area contributed by atoms with E-state index >= 15 is 0 Å². The van der Waals surface area contributed by atoms with E-state index < -0.39 is 0 Å². The standard InChI is InChI=1S/C16H20N4O2/c1-4-22-12(2)11-20(3)16(21)13-9-18-15(19-10-13)14-7-5-6-8-17-14/h5-10,12H,4,11H2,1-3H3/t12-/m1/s1. The van der Waals surface area contributed by atoms with E-state index in [0.29, 0.717) is 30.2 Å². The molecule has 0 fully saturated rings. The molecule has 0 saturated heterocycles. The Balaban J connectivity index is 2.05. The van der Waals surface area contributed by atoms with Crippen LogP contribution in [0.2, 0.25) is 0 Å². The van der Waals surface area contributed by atoms with Crippen LogP contribution < -0.4 is 0 Å². The summed E-state index contributed by atoms with van der Waals surface area (Å²) in [4.78, 5) is 26.5. The van der Waals surface area contributed by atoms with Gasteiger partial charge in [-0.2, -0.15) is 0 Å². The zero-order valence-corrected chi connectivity index (χ0v) is 13.1. The van der Waals surface area contributed by atoms with Gasteiger partial charge < -0.3 is 9.64 Å². The molecule has 0 radical (unpaired) electrons. The summed E-state index contributed by atoms with van der Waals surface area (Å²) < 4.78 is 5.44. The number of pyridine rings is 1. The van der Waals surface area contributed by atoms with Gasteiger partial charge in [-0.1, -0.05) is 6.07 Å². The highest BCUT2D eigenvalue weighted by molar-refractivity contribution is 5.93.